The molecule has 144 valence electrons. The number of nitrogens with zero attached hydrogens (tertiary/aromatic N) is 1. The van der Waals surface area contributed by atoms with Crippen molar-refractivity contribution < 1.29 is 9.47 Å². The maximum absolute atomic E-state index is 5.94. The largest absolute Gasteiger partial charge is 0.449 e. The number of hydrogen-bond acceptors (Lipinski definition) is 4. The van der Waals surface area contributed by atoms with E-state index in [0.717, 1.165) is 36.9 Å². The van der Waals surface area contributed by atoms with E-state index in [1.54, 1.807) is 0 Å². The van der Waals surface area contributed by atoms with Crippen LogP contribution < -0.4 is 14.8 Å². The van der Waals surface area contributed by atoms with Crippen molar-refractivity contribution in [1.82, 2.24) is 10.2 Å². The van der Waals surface area contributed by atoms with Gasteiger partial charge in [0.25, 0.3) is 0 Å². The van der Waals surface area contributed by atoms with Gasteiger partial charge in [-0.05, 0) is 56.9 Å². The first-order valence-electron chi connectivity index (χ1n) is 9.05. The highest BCUT2D eigenvalue weighted by molar-refractivity contribution is 5.85. The molecule has 0 aliphatic carbocycles. The number of fused-ring (bicyclic) bond motifs is 1. The average molecular weight is 391 g/mol. The topological polar surface area (TPSA) is 33.7 Å². The monoisotopic (exact) mass is 390 g/mol. The maximum Gasteiger partial charge on any atom is 0.250 e. The van der Waals surface area contributed by atoms with Crippen LogP contribution in [0.1, 0.15) is 39.5 Å². The SMILES string of the molecule is CC1CCCN(CCCNCCC2(C)Oc3ccccc3O2)C1.Cl.Cl. The molecule has 3 rings (SSSR count). The standard InChI is InChI=1S/C19H30N2O2.2ClH/c1-16-7-5-13-21(15-16)14-6-11-20-12-10-19(2)22-17-8-3-4-9-18(17)23-19;;/h3-4,8-9,16,20H,5-7,10-15H2,1-2H3;2*1H. The Labute approximate surface area is 164 Å². The van der Waals surface area contributed by atoms with Crippen molar-refractivity contribution in [3.8, 4) is 11.5 Å². The molecule has 0 radical (unpaired) electrons. The lowest BCUT2D eigenvalue weighted by molar-refractivity contribution is -0.0672. The summed E-state index contributed by atoms with van der Waals surface area (Å²) in [5.74, 6) is 2.05. The van der Waals surface area contributed by atoms with Crippen molar-refractivity contribution >= 4 is 24.8 Å². The van der Waals surface area contributed by atoms with Crippen LogP contribution in [0.4, 0.5) is 0 Å². The lowest BCUT2D eigenvalue weighted by Crippen LogP contribution is -2.39. The summed E-state index contributed by atoms with van der Waals surface area (Å²) in [6.07, 6.45) is 4.83. The molecule has 0 spiro atoms. The third kappa shape index (κ3) is 6.52. The van der Waals surface area contributed by atoms with Gasteiger partial charge in [0.05, 0.1) is 0 Å². The summed E-state index contributed by atoms with van der Waals surface area (Å²) in [4.78, 5) is 2.61. The number of halogens is 2. The number of benzene rings is 1. The Hall–Kier alpha value is -0.680. The van der Waals surface area contributed by atoms with Gasteiger partial charge in [-0.2, -0.15) is 0 Å². The van der Waals surface area contributed by atoms with Gasteiger partial charge in [0.1, 0.15) is 0 Å². The first-order chi connectivity index (χ1) is 11.1. The zero-order chi connectivity index (χ0) is 16.1. The Morgan fingerprint density at radius 2 is 1.84 bits per heavy atom. The highest BCUT2D eigenvalue weighted by Gasteiger charge is 2.35. The molecule has 0 saturated carbocycles. The lowest BCUT2D eigenvalue weighted by Gasteiger charge is -2.30. The third-order valence-corrected chi connectivity index (χ3v) is 4.83. The van der Waals surface area contributed by atoms with Crippen LogP contribution in [0.25, 0.3) is 0 Å². The van der Waals surface area contributed by atoms with Gasteiger partial charge in [-0.15, -0.1) is 24.8 Å². The smallest absolute Gasteiger partial charge is 0.250 e. The fourth-order valence-electron chi connectivity index (χ4n) is 3.56. The fraction of sp³-hybridized carbons (Fsp3) is 0.684. The Balaban J connectivity index is 0.00000156. The molecule has 1 aromatic rings. The molecule has 2 aliphatic rings. The molecule has 1 unspecified atom stereocenters. The average Bonchev–Trinajstić information content (AvgIpc) is 2.87. The zero-order valence-electron chi connectivity index (χ0n) is 15.3. The van der Waals surface area contributed by atoms with E-state index in [9.17, 15) is 0 Å². The third-order valence-electron chi connectivity index (χ3n) is 4.83. The molecule has 0 bridgehead atoms. The molecule has 1 N–H and O–H groups in total. The zero-order valence-corrected chi connectivity index (χ0v) is 17.0. The molecule has 25 heavy (non-hydrogen) atoms. The summed E-state index contributed by atoms with van der Waals surface area (Å²) in [6.45, 7) is 10.1. The molecule has 0 amide bonds. The second kappa shape index (κ2) is 10.5. The molecule has 0 aromatic heterocycles. The van der Waals surface area contributed by atoms with E-state index in [0.29, 0.717) is 0 Å². The highest BCUT2D eigenvalue weighted by atomic mass is 35.5. The Bertz CT molecular complexity index is 491. The summed E-state index contributed by atoms with van der Waals surface area (Å²) in [5, 5.41) is 3.53. The molecule has 1 saturated heterocycles. The van der Waals surface area contributed by atoms with Crippen LogP contribution in [0.2, 0.25) is 0 Å². The summed E-state index contributed by atoms with van der Waals surface area (Å²) >= 11 is 0. The minimum Gasteiger partial charge on any atom is -0.449 e. The van der Waals surface area contributed by atoms with Crippen LogP contribution in [0, 0.1) is 5.92 Å². The normalized spacial score (nSPS) is 21.3. The van der Waals surface area contributed by atoms with Crippen molar-refractivity contribution in [3.05, 3.63) is 24.3 Å². The van der Waals surface area contributed by atoms with Crippen LogP contribution >= 0.6 is 24.8 Å². The number of hydrogen-bond donors (Lipinski definition) is 1. The van der Waals surface area contributed by atoms with Gasteiger partial charge in [-0.25, -0.2) is 0 Å². The van der Waals surface area contributed by atoms with Crippen molar-refractivity contribution in [2.75, 3.05) is 32.7 Å². The van der Waals surface area contributed by atoms with Gasteiger partial charge in [0.2, 0.25) is 5.79 Å². The van der Waals surface area contributed by atoms with Crippen LogP contribution in [0.3, 0.4) is 0 Å². The Kier molecular flexibility index (Phi) is 9.36. The molecular weight excluding hydrogens is 359 g/mol. The van der Waals surface area contributed by atoms with Crippen LogP contribution in [0.5, 0.6) is 11.5 Å². The van der Waals surface area contributed by atoms with E-state index < -0.39 is 5.79 Å². The van der Waals surface area contributed by atoms with E-state index in [2.05, 4.69) is 17.1 Å². The van der Waals surface area contributed by atoms with E-state index >= 15 is 0 Å². The molecule has 1 aromatic carbocycles. The van der Waals surface area contributed by atoms with E-state index in [-0.39, 0.29) is 24.8 Å². The van der Waals surface area contributed by atoms with E-state index in [1.165, 1.54) is 38.9 Å². The number of likely N-dealkylation sites (tertiary alicyclic amines) is 1. The number of piperidine rings is 1. The predicted molar refractivity (Wildman–Crippen MR) is 108 cm³/mol. The molecular formula is C19H32Cl2N2O2. The lowest BCUT2D eigenvalue weighted by atomic mass is 10.0. The second-order valence-corrected chi connectivity index (χ2v) is 7.19. The van der Waals surface area contributed by atoms with Crippen molar-refractivity contribution in [1.29, 1.82) is 0 Å². The molecule has 2 aliphatic heterocycles. The number of ether oxygens (including phenoxy) is 2. The van der Waals surface area contributed by atoms with Gasteiger partial charge in [0.15, 0.2) is 11.5 Å². The van der Waals surface area contributed by atoms with Crippen molar-refractivity contribution in [2.45, 2.75) is 45.3 Å². The highest BCUT2D eigenvalue weighted by Crippen LogP contribution is 2.39. The minimum atomic E-state index is -0.529. The second-order valence-electron chi connectivity index (χ2n) is 7.19. The van der Waals surface area contributed by atoms with E-state index in [1.807, 2.05) is 31.2 Å². The van der Waals surface area contributed by atoms with Crippen molar-refractivity contribution in [2.24, 2.45) is 5.92 Å². The summed E-state index contributed by atoms with van der Waals surface area (Å²) in [7, 11) is 0. The first-order valence-corrected chi connectivity index (χ1v) is 9.05. The summed E-state index contributed by atoms with van der Waals surface area (Å²) in [5.41, 5.74) is 0. The maximum atomic E-state index is 5.94. The molecule has 4 nitrogen and oxygen atoms in total. The molecule has 1 atom stereocenters. The van der Waals surface area contributed by atoms with E-state index in [4.69, 9.17) is 9.47 Å². The minimum absolute atomic E-state index is 0. The quantitative estimate of drug-likeness (QED) is 0.709. The van der Waals surface area contributed by atoms with Gasteiger partial charge in [-0.3, -0.25) is 0 Å². The molecule has 2 heterocycles. The van der Waals surface area contributed by atoms with Gasteiger partial charge >= 0.3 is 0 Å². The van der Waals surface area contributed by atoms with Gasteiger partial charge < -0.3 is 19.7 Å². The number of rotatable bonds is 7. The molecule has 1 fully saturated rings. The summed E-state index contributed by atoms with van der Waals surface area (Å²) in [6, 6.07) is 7.89. The van der Waals surface area contributed by atoms with Crippen molar-refractivity contribution in [3.63, 3.8) is 0 Å². The fourth-order valence-corrected chi connectivity index (χ4v) is 3.56. The summed E-state index contributed by atoms with van der Waals surface area (Å²) < 4.78 is 11.9. The first kappa shape index (κ1) is 22.4. The van der Waals surface area contributed by atoms with Crippen LogP contribution in [0.15, 0.2) is 24.3 Å². The van der Waals surface area contributed by atoms with Gasteiger partial charge in [0, 0.05) is 26.4 Å². The number of nitrogens with one attached hydrogen (secondary N) is 1. The Morgan fingerprint density at radius 1 is 1.16 bits per heavy atom. The van der Waals surface area contributed by atoms with Crippen LogP contribution in [-0.2, 0) is 0 Å². The molecule has 6 heteroatoms. The predicted octanol–water partition coefficient (Wildman–Crippen LogP) is 4.12. The van der Waals surface area contributed by atoms with Gasteiger partial charge in [-0.1, -0.05) is 19.1 Å². The Morgan fingerprint density at radius 3 is 2.48 bits per heavy atom. The number of para-hydroxylation sites is 2. The van der Waals surface area contributed by atoms with Crippen LogP contribution in [-0.4, -0.2) is 43.4 Å².